The van der Waals surface area contributed by atoms with Gasteiger partial charge in [-0.3, -0.25) is 0 Å². The fourth-order valence-corrected chi connectivity index (χ4v) is 3.25. The van der Waals surface area contributed by atoms with E-state index in [0.29, 0.717) is 10.6 Å². The number of rotatable bonds is 7. The summed E-state index contributed by atoms with van der Waals surface area (Å²) in [6, 6.07) is 6.96. The van der Waals surface area contributed by atoms with Crippen LogP contribution >= 0.6 is 22.9 Å². The van der Waals surface area contributed by atoms with Gasteiger partial charge in [0.1, 0.15) is 5.82 Å². The molecule has 1 aromatic carbocycles. The minimum absolute atomic E-state index is 0.0384. The van der Waals surface area contributed by atoms with Crippen LogP contribution in [0.15, 0.2) is 35.0 Å². The van der Waals surface area contributed by atoms with Crippen LogP contribution in [0.3, 0.4) is 0 Å². The van der Waals surface area contributed by atoms with Crippen molar-refractivity contribution in [1.29, 1.82) is 0 Å². The standard InChI is InChI=1S/C16H19ClFNS/c1-2-9-19-15(7-6-12-8-10-20-11-12)16-13(17)4-3-5-14(16)18/h3-5,8,10-11,15,19H,2,6-7,9H2,1H3. The lowest BCUT2D eigenvalue weighted by Gasteiger charge is -2.20. The predicted octanol–water partition coefficient (Wildman–Crippen LogP) is 5.21. The van der Waals surface area contributed by atoms with Gasteiger partial charge in [-0.25, -0.2) is 4.39 Å². The molecular weight excluding hydrogens is 293 g/mol. The molecule has 1 nitrogen and oxygen atoms in total. The molecule has 1 unspecified atom stereocenters. The lowest BCUT2D eigenvalue weighted by molar-refractivity contribution is 0.474. The Hall–Kier alpha value is -0.900. The van der Waals surface area contributed by atoms with Gasteiger partial charge in [0.05, 0.1) is 0 Å². The molecule has 20 heavy (non-hydrogen) atoms. The number of benzene rings is 1. The van der Waals surface area contributed by atoms with Crippen molar-refractivity contribution in [3.63, 3.8) is 0 Å². The zero-order chi connectivity index (χ0) is 14.4. The Morgan fingerprint density at radius 2 is 2.20 bits per heavy atom. The first-order chi connectivity index (χ1) is 9.72. The second-order valence-corrected chi connectivity index (χ2v) is 6.00. The smallest absolute Gasteiger partial charge is 0.129 e. The third-order valence-electron chi connectivity index (χ3n) is 3.29. The maximum atomic E-state index is 14.1. The lowest BCUT2D eigenvalue weighted by Crippen LogP contribution is -2.24. The summed E-state index contributed by atoms with van der Waals surface area (Å²) < 4.78 is 14.1. The van der Waals surface area contributed by atoms with Crippen molar-refractivity contribution in [2.45, 2.75) is 32.2 Å². The van der Waals surface area contributed by atoms with Gasteiger partial charge in [-0.15, -0.1) is 0 Å². The van der Waals surface area contributed by atoms with Crippen molar-refractivity contribution in [3.8, 4) is 0 Å². The summed E-state index contributed by atoms with van der Waals surface area (Å²) in [6.45, 7) is 2.96. The molecule has 1 heterocycles. The number of thiophene rings is 1. The molecule has 0 spiro atoms. The van der Waals surface area contributed by atoms with E-state index in [1.165, 1.54) is 11.6 Å². The molecule has 0 aliphatic heterocycles. The molecule has 0 radical (unpaired) electrons. The van der Waals surface area contributed by atoms with Crippen LogP contribution in [0.4, 0.5) is 4.39 Å². The van der Waals surface area contributed by atoms with Gasteiger partial charge in [0.15, 0.2) is 0 Å². The second kappa shape index (κ2) is 7.77. The minimum Gasteiger partial charge on any atom is -0.310 e. The zero-order valence-electron chi connectivity index (χ0n) is 11.5. The zero-order valence-corrected chi connectivity index (χ0v) is 13.1. The normalized spacial score (nSPS) is 12.6. The summed E-state index contributed by atoms with van der Waals surface area (Å²) >= 11 is 7.88. The second-order valence-electron chi connectivity index (χ2n) is 4.81. The van der Waals surface area contributed by atoms with Gasteiger partial charge in [-0.05, 0) is 60.3 Å². The van der Waals surface area contributed by atoms with E-state index in [2.05, 4.69) is 29.1 Å². The van der Waals surface area contributed by atoms with E-state index in [9.17, 15) is 4.39 Å². The van der Waals surface area contributed by atoms with Gasteiger partial charge in [-0.2, -0.15) is 11.3 Å². The van der Waals surface area contributed by atoms with Gasteiger partial charge in [0.25, 0.3) is 0 Å². The molecule has 1 N–H and O–H groups in total. The molecule has 0 aliphatic carbocycles. The molecule has 0 fully saturated rings. The maximum Gasteiger partial charge on any atom is 0.129 e. The van der Waals surface area contributed by atoms with Crippen molar-refractivity contribution in [3.05, 3.63) is 57.0 Å². The van der Waals surface area contributed by atoms with E-state index in [1.807, 2.05) is 0 Å². The first-order valence-electron chi connectivity index (χ1n) is 6.90. The molecule has 4 heteroatoms. The third-order valence-corrected chi connectivity index (χ3v) is 4.35. The van der Waals surface area contributed by atoms with Crippen LogP contribution < -0.4 is 5.32 Å². The SMILES string of the molecule is CCCNC(CCc1ccsc1)c1c(F)cccc1Cl. The Balaban J connectivity index is 2.13. The Labute approximate surface area is 128 Å². The highest BCUT2D eigenvalue weighted by atomic mass is 35.5. The first-order valence-corrected chi connectivity index (χ1v) is 8.22. The molecule has 0 saturated heterocycles. The summed E-state index contributed by atoms with van der Waals surface area (Å²) in [6.07, 6.45) is 2.79. The van der Waals surface area contributed by atoms with Gasteiger partial charge in [-0.1, -0.05) is 24.6 Å². The largest absolute Gasteiger partial charge is 0.310 e. The van der Waals surface area contributed by atoms with Gasteiger partial charge in [0.2, 0.25) is 0 Å². The van der Waals surface area contributed by atoms with Crippen molar-refractivity contribution in [2.75, 3.05) is 6.54 Å². The van der Waals surface area contributed by atoms with E-state index in [0.717, 1.165) is 25.8 Å². The van der Waals surface area contributed by atoms with Crippen molar-refractivity contribution in [1.82, 2.24) is 5.32 Å². The number of halogens is 2. The van der Waals surface area contributed by atoms with E-state index < -0.39 is 0 Å². The van der Waals surface area contributed by atoms with Crippen LogP contribution in [0.5, 0.6) is 0 Å². The van der Waals surface area contributed by atoms with Gasteiger partial charge in [0, 0.05) is 16.6 Å². The quantitative estimate of drug-likeness (QED) is 0.739. The van der Waals surface area contributed by atoms with Crippen molar-refractivity contribution < 1.29 is 4.39 Å². The highest BCUT2D eigenvalue weighted by Gasteiger charge is 2.18. The van der Waals surface area contributed by atoms with Crippen LogP contribution in [0.25, 0.3) is 0 Å². The molecule has 1 aromatic heterocycles. The van der Waals surface area contributed by atoms with Crippen molar-refractivity contribution >= 4 is 22.9 Å². The summed E-state index contributed by atoms with van der Waals surface area (Å²) in [7, 11) is 0. The summed E-state index contributed by atoms with van der Waals surface area (Å²) in [4.78, 5) is 0. The van der Waals surface area contributed by atoms with Crippen LogP contribution in [0.2, 0.25) is 5.02 Å². The average Bonchev–Trinajstić information content (AvgIpc) is 2.94. The molecule has 0 amide bonds. The molecular formula is C16H19ClFNS. The number of hydrogen-bond donors (Lipinski definition) is 1. The third kappa shape index (κ3) is 4.05. The maximum absolute atomic E-state index is 14.1. The highest BCUT2D eigenvalue weighted by Crippen LogP contribution is 2.29. The van der Waals surface area contributed by atoms with E-state index >= 15 is 0 Å². The topological polar surface area (TPSA) is 12.0 Å². The Morgan fingerprint density at radius 1 is 1.35 bits per heavy atom. The molecule has 108 valence electrons. The van der Waals surface area contributed by atoms with Crippen molar-refractivity contribution in [2.24, 2.45) is 0 Å². The summed E-state index contributed by atoms with van der Waals surface area (Å²) in [5.74, 6) is -0.226. The number of hydrogen-bond acceptors (Lipinski definition) is 2. The van der Waals surface area contributed by atoms with E-state index in [1.54, 1.807) is 23.5 Å². The fraction of sp³-hybridized carbons (Fsp3) is 0.375. The average molecular weight is 312 g/mol. The molecule has 2 rings (SSSR count). The lowest BCUT2D eigenvalue weighted by atomic mass is 9.99. The molecule has 1 atom stereocenters. The molecule has 0 bridgehead atoms. The number of aryl methyl sites for hydroxylation is 1. The Morgan fingerprint density at radius 3 is 2.85 bits per heavy atom. The molecule has 0 aliphatic rings. The monoisotopic (exact) mass is 311 g/mol. The van der Waals surface area contributed by atoms with Crippen LogP contribution in [0, 0.1) is 5.82 Å². The Bertz CT molecular complexity index is 507. The Kier molecular flexibility index (Phi) is 6.02. The predicted molar refractivity (Wildman–Crippen MR) is 85.1 cm³/mol. The van der Waals surface area contributed by atoms with Crippen LogP contribution in [0.1, 0.15) is 36.9 Å². The van der Waals surface area contributed by atoms with Crippen LogP contribution in [-0.4, -0.2) is 6.54 Å². The van der Waals surface area contributed by atoms with Gasteiger partial charge < -0.3 is 5.32 Å². The molecule has 0 saturated carbocycles. The number of nitrogens with one attached hydrogen (secondary N) is 1. The van der Waals surface area contributed by atoms with Gasteiger partial charge >= 0.3 is 0 Å². The van der Waals surface area contributed by atoms with E-state index in [4.69, 9.17) is 11.6 Å². The molecule has 2 aromatic rings. The van der Waals surface area contributed by atoms with E-state index in [-0.39, 0.29) is 11.9 Å². The van der Waals surface area contributed by atoms with Crippen LogP contribution in [-0.2, 0) is 6.42 Å². The highest BCUT2D eigenvalue weighted by molar-refractivity contribution is 7.07. The summed E-state index contributed by atoms with van der Waals surface area (Å²) in [5.41, 5.74) is 1.89. The summed E-state index contributed by atoms with van der Waals surface area (Å²) in [5, 5.41) is 8.12. The fourth-order valence-electron chi connectivity index (χ4n) is 2.26. The minimum atomic E-state index is -0.226. The first kappa shape index (κ1) is 15.5.